The molecular formula is C25H21ClN2O3. The monoisotopic (exact) mass is 432 g/mol. The van der Waals surface area contributed by atoms with Crippen LogP contribution in [0, 0.1) is 0 Å². The van der Waals surface area contributed by atoms with Gasteiger partial charge in [-0.3, -0.25) is 4.79 Å². The first-order valence-corrected chi connectivity index (χ1v) is 10.3. The van der Waals surface area contributed by atoms with Crippen LogP contribution in [0.4, 0.5) is 5.69 Å². The molecule has 0 saturated heterocycles. The fourth-order valence-corrected chi connectivity index (χ4v) is 3.83. The molecule has 0 radical (unpaired) electrons. The minimum absolute atomic E-state index is 0.368. The Kier molecular flexibility index (Phi) is 6.05. The quantitative estimate of drug-likeness (QED) is 0.316. The van der Waals surface area contributed by atoms with Gasteiger partial charge in [0.25, 0.3) is 5.91 Å². The maximum absolute atomic E-state index is 12.3. The van der Waals surface area contributed by atoms with Crippen LogP contribution in [0.5, 0.6) is 0 Å². The molecule has 0 fully saturated rings. The predicted molar refractivity (Wildman–Crippen MR) is 125 cm³/mol. The first kappa shape index (κ1) is 20.7. The number of rotatable bonds is 6. The highest BCUT2D eigenvalue weighted by molar-refractivity contribution is 6.30. The molecule has 3 aromatic carbocycles. The highest BCUT2D eigenvalue weighted by atomic mass is 35.5. The fraction of sp³-hybridized carbons (Fsp3) is 0.120. The molecular weight excluding hydrogens is 412 g/mol. The lowest BCUT2D eigenvalue weighted by atomic mass is 10.1. The molecule has 0 aliphatic carbocycles. The summed E-state index contributed by atoms with van der Waals surface area (Å²) in [4.78, 5) is 24.2. The number of hydrogen-bond acceptors (Lipinski definition) is 3. The van der Waals surface area contributed by atoms with E-state index in [9.17, 15) is 9.59 Å². The lowest BCUT2D eigenvalue weighted by molar-refractivity contribution is -0.142. The highest BCUT2D eigenvalue weighted by Gasteiger charge is 2.11. The molecule has 0 atom stereocenters. The summed E-state index contributed by atoms with van der Waals surface area (Å²) in [6.45, 7) is 2.60. The first-order chi connectivity index (χ1) is 15.0. The van der Waals surface area contributed by atoms with Crippen LogP contribution in [0.15, 0.2) is 72.8 Å². The SMILES string of the molecule is CCn1c2ccccc2c2cc(NC(=O)COC(=O)C=Cc3cccc(Cl)c3)ccc21. The van der Waals surface area contributed by atoms with Crippen molar-refractivity contribution in [2.24, 2.45) is 0 Å². The Morgan fingerprint density at radius 2 is 1.81 bits per heavy atom. The van der Waals surface area contributed by atoms with E-state index in [1.807, 2.05) is 36.4 Å². The van der Waals surface area contributed by atoms with Crippen molar-refractivity contribution in [2.45, 2.75) is 13.5 Å². The smallest absolute Gasteiger partial charge is 0.331 e. The number of nitrogens with zero attached hydrogens (tertiary/aromatic N) is 1. The van der Waals surface area contributed by atoms with Gasteiger partial charge in [0.2, 0.25) is 0 Å². The summed E-state index contributed by atoms with van der Waals surface area (Å²) in [6, 6.07) is 21.1. The van der Waals surface area contributed by atoms with Gasteiger partial charge in [-0.2, -0.15) is 0 Å². The van der Waals surface area contributed by atoms with Crippen LogP contribution in [0.25, 0.3) is 27.9 Å². The average molecular weight is 433 g/mol. The number of carbonyl (C=O) groups is 2. The van der Waals surface area contributed by atoms with Crippen LogP contribution >= 0.6 is 11.6 Å². The second-order valence-corrected chi connectivity index (χ2v) is 7.47. The van der Waals surface area contributed by atoms with Crippen molar-refractivity contribution in [3.05, 3.63) is 83.4 Å². The van der Waals surface area contributed by atoms with E-state index in [0.717, 1.165) is 33.9 Å². The van der Waals surface area contributed by atoms with Crippen molar-refractivity contribution in [1.82, 2.24) is 4.57 Å². The highest BCUT2D eigenvalue weighted by Crippen LogP contribution is 2.30. The van der Waals surface area contributed by atoms with E-state index < -0.39 is 11.9 Å². The standard InChI is InChI=1S/C25H21ClN2O3/c1-2-28-22-9-4-3-8-20(22)21-15-19(11-12-23(21)28)27-24(29)16-31-25(30)13-10-17-6-5-7-18(26)14-17/h3-15H,2,16H2,1H3,(H,27,29). The van der Waals surface area contributed by atoms with Crippen molar-refractivity contribution >= 4 is 57.0 Å². The van der Waals surface area contributed by atoms with Gasteiger partial charge in [0, 0.05) is 45.1 Å². The Morgan fingerprint density at radius 1 is 1.00 bits per heavy atom. The summed E-state index contributed by atoms with van der Waals surface area (Å²) >= 11 is 5.91. The van der Waals surface area contributed by atoms with Crippen molar-refractivity contribution in [2.75, 3.05) is 11.9 Å². The number of para-hydroxylation sites is 1. The van der Waals surface area contributed by atoms with E-state index in [4.69, 9.17) is 16.3 Å². The number of amides is 1. The zero-order valence-electron chi connectivity index (χ0n) is 17.0. The van der Waals surface area contributed by atoms with E-state index in [-0.39, 0.29) is 6.61 Å². The number of aromatic nitrogens is 1. The Labute approximate surface area is 184 Å². The number of nitrogens with one attached hydrogen (secondary N) is 1. The van der Waals surface area contributed by atoms with Gasteiger partial charge >= 0.3 is 5.97 Å². The number of esters is 1. The molecule has 1 aromatic heterocycles. The number of ether oxygens (including phenoxy) is 1. The second kappa shape index (κ2) is 9.06. The van der Waals surface area contributed by atoms with Gasteiger partial charge in [-0.1, -0.05) is 41.9 Å². The van der Waals surface area contributed by atoms with Crippen molar-refractivity contribution < 1.29 is 14.3 Å². The average Bonchev–Trinajstić information content (AvgIpc) is 3.09. The molecule has 31 heavy (non-hydrogen) atoms. The van der Waals surface area contributed by atoms with Crippen LogP contribution in [-0.4, -0.2) is 23.1 Å². The molecule has 4 rings (SSSR count). The molecule has 5 nitrogen and oxygen atoms in total. The minimum Gasteiger partial charge on any atom is -0.452 e. The molecule has 1 N–H and O–H groups in total. The molecule has 156 valence electrons. The summed E-state index contributed by atoms with van der Waals surface area (Å²) in [5, 5.41) is 5.57. The number of hydrogen-bond donors (Lipinski definition) is 1. The number of carbonyl (C=O) groups excluding carboxylic acids is 2. The van der Waals surface area contributed by atoms with Gasteiger partial charge in [0.05, 0.1) is 0 Å². The molecule has 0 unspecified atom stereocenters. The molecule has 1 heterocycles. The van der Waals surface area contributed by atoms with E-state index in [0.29, 0.717) is 10.7 Å². The number of halogens is 1. The molecule has 0 spiro atoms. The largest absolute Gasteiger partial charge is 0.452 e. The Balaban J connectivity index is 1.41. The molecule has 0 saturated carbocycles. The minimum atomic E-state index is -0.600. The predicted octanol–water partition coefficient (Wildman–Crippen LogP) is 5.66. The zero-order chi connectivity index (χ0) is 21.8. The zero-order valence-corrected chi connectivity index (χ0v) is 17.7. The van der Waals surface area contributed by atoms with E-state index in [2.05, 4.69) is 28.9 Å². The van der Waals surface area contributed by atoms with Crippen molar-refractivity contribution in [3.63, 3.8) is 0 Å². The van der Waals surface area contributed by atoms with E-state index in [1.54, 1.807) is 24.3 Å². The molecule has 1 amide bonds. The van der Waals surface area contributed by atoms with E-state index >= 15 is 0 Å². The molecule has 0 aliphatic heterocycles. The number of fused-ring (bicyclic) bond motifs is 3. The Hall–Kier alpha value is -3.57. The first-order valence-electron chi connectivity index (χ1n) is 9.96. The summed E-state index contributed by atoms with van der Waals surface area (Å²) in [7, 11) is 0. The lowest BCUT2D eigenvalue weighted by Crippen LogP contribution is -2.20. The van der Waals surface area contributed by atoms with Gasteiger partial charge in [0.15, 0.2) is 6.61 Å². The van der Waals surface area contributed by atoms with Crippen LogP contribution in [0.3, 0.4) is 0 Å². The number of anilines is 1. The summed E-state index contributed by atoms with van der Waals surface area (Å²) < 4.78 is 7.27. The third-order valence-corrected chi connectivity index (χ3v) is 5.21. The molecule has 0 aliphatic rings. The number of aryl methyl sites for hydroxylation is 1. The Morgan fingerprint density at radius 3 is 2.61 bits per heavy atom. The summed E-state index contributed by atoms with van der Waals surface area (Å²) in [5.41, 5.74) is 3.69. The summed E-state index contributed by atoms with van der Waals surface area (Å²) in [6.07, 6.45) is 2.86. The number of benzene rings is 3. The third kappa shape index (κ3) is 4.62. The third-order valence-electron chi connectivity index (χ3n) is 4.98. The van der Waals surface area contributed by atoms with Gasteiger partial charge in [-0.15, -0.1) is 0 Å². The lowest BCUT2D eigenvalue weighted by Gasteiger charge is -2.07. The van der Waals surface area contributed by atoms with E-state index in [1.165, 1.54) is 6.08 Å². The molecule has 6 heteroatoms. The molecule has 0 bridgehead atoms. The fourth-order valence-electron chi connectivity index (χ4n) is 3.63. The molecule has 4 aromatic rings. The maximum Gasteiger partial charge on any atom is 0.331 e. The van der Waals surface area contributed by atoms with Gasteiger partial charge in [-0.05, 0) is 55.0 Å². The van der Waals surface area contributed by atoms with Gasteiger partial charge in [0.1, 0.15) is 0 Å². The Bertz CT molecular complexity index is 1310. The van der Waals surface area contributed by atoms with Crippen LogP contribution in [0.1, 0.15) is 12.5 Å². The normalized spacial score (nSPS) is 11.3. The van der Waals surface area contributed by atoms with Crippen LogP contribution in [0.2, 0.25) is 5.02 Å². The second-order valence-electron chi connectivity index (χ2n) is 7.04. The van der Waals surface area contributed by atoms with Crippen LogP contribution in [-0.2, 0) is 20.9 Å². The van der Waals surface area contributed by atoms with Crippen molar-refractivity contribution in [3.8, 4) is 0 Å². The van der Waals surface area contributed by atoms with Crippen LogP contribution < -0.4 is 5.32 Å². The van der Waals surface area contributed by atoms with Gasteiger partial charge < -0.3 is 14.6 Å². The van der Waals surface area contributed by atoms with Crippen molar-refractivity contribution in [1.29, 1.82) is 0 Å². The maximum atomic E-state index is 12.3. The topological polar surface area (TPSA) is 60.3 Å². The van der Waals surface area contributed by atoms with Gasteiger partial charge in [-0.25, -0.2) is 4.79 Å². The summed E-state index contributed by atoms with van der Waals surface area (Å²) in [5.74, 6) is -1.00.